The van der Waals surface area contributed by atoms with Crippen LogP contribution in [-0.4, -0.2) is 5.11 Å². The van der Waals surface area contributed by atoms with Gasteiger partial charge in [-0.2, -0.15) is 0 Å². The predicted molar refractivity (Wildman–Crippen MR) is 69.3 cm³/mol. The third-order valence-corrected chi connectivity index (χ3v) is 3.23. The van der Waals surface area contributed by atoms with Gasteiger partial charge in [0.1, 0.15) is 23.6 Å². The Kier molecular flexibility index (Phi) is 3.96. The van der Waals surface area contributed by atoms with E-state index in [4.69, 9.17) is 0 Å². The van der Waals surface area contributed by atoms with Gasteiger partial charge in [0.2, 0.25) is 0 Å². The number of hydrogen-bond acceptors (Lipinski definition) is 1. The Bertz CT molecular complexity index is 608. The first kappa shape index (κ1) is 14.1. The summed E-state index contributed by atoms with van der Waals surface area (Å²) in [6, 6.07) is 5.73. The Morgan fingerprint density at radius 3 is 2.32 bits per heavy atom. The number of halogens is 4. The number of hydrogen-bond donors (Lipinski definition) is 1. The van der Waals surface area contributed by atoms with Crippen molar-refractivity contribution in [2.45, 2.75) is 13.0 Å². The lowest BCUT2D eigenvalue weighted by Gasteiger charge is -2.14. The fourth-order valence-corrected chi connectivity index (χ4v) is 2.28. The van der Waals surface area contributed by atoms with Crippen LogP contribution in [0.15, 0.2) is 34.8 Å². The predicted octanol–water partition coefficient (Wildman–Crippen LogP) is 4.26. The van der Waals surface area contributed by atoms with Gasteiger partial charge in [-0.15, -0.1) is 0 Å². The van der Waals surface area contributed by atoms with Crippen molar-refractivity contribution >= 4 is 15.9 Å². The Labute approximate surface area is 116 Å². The van der Waals surface area contributed by atoms with Crippen LogP contribution in [0.2, 0.25) is 0 Å². The maximum absolute atomic E-state index is 13.7. The molecule has 2 aromatic rings. The second-order valence-electron chi connectivity index (χ2n) is 4.23. The summed E-state index contributed by atoms with van der Waals surface area (Å²) < 4.78 is 40.5. The smallest absolute Gasteiger partial charge is 0.132 e. The number of aliphatic hydroxyl groups is 1. The van der Waals surface area contributed by atoms with Crippen molar-refractivity contribution in [3.8, 4) is 0 Å². The molecular weight excluding hydrogens is 321 g/mol. The van der Waals surface area contributed by atoms with Crippen molar-refractivity contribution in [1.29, 1.82) is 0 Å². The molecule has 0 heterocycles. The lowest BCUT2D eigenvalue weighted by Crippen LogP contribution is -2.05. The van der Waals surface area contributed by atoms with Gasteiger partial charge in [0.25, 0.3) is 0 Å². The van der Waals surface area contributed by atoms with E-state index in [9.17, 15) is 18.3 Å². The molecule has 0 radical (unpaired) electrons. The zero-order chi connectivity index (χ0) is 14.2. The van der Waals surface area contributed by atoms with Gasteiger partial charge in [-0.05, 0) is 42.3 Å². The molecule has 0 bridgehead atoms. The van der Waals surface area contributed by atoms with Gasteiger partial charge in [0, 0.05) is 16.1 Å². The summed E-state index contributed by atoms with van der Waals surface area (Å²) in [5.74, 6) is -2.10. The van der Waals surface area contributed by atoms with Gasteiger partial charge in [0.15, 0.2) is 0 Å². The molecule has 0 saturated carbocycles. The molecule has 19 heavy (non-hydrogen) atoms. The number of benzene rings is 2. The number of rotatable bonds is 2. The fourth-order valence-electron chi connectivity index (χ4n) is 1.80. The summed E-state index contributed by atoms with van der Waals surface area (Å²) in [4.78, 5) is 0. The molecule has 1 nitrogen and oxygen atoms in total. The number of aryl methyl sites for hydroxylation is 1. The highest BCUT2D eigenvalue weighted by molar-refractivity contribution is 9.10. The van der Waals surface area contributed by atoms with Crippen LogP contribution in [0.1, 0.15) is 22.8 Å². The van der Waals surface area contributed by atoms with Gasteiger partial charge in [-0.1, -0.05) is 15.9 Å². The lowest BCUT2D eigenvalue weighted by molar-refractivity contribution is 0.214. The number of aliphatic hydroxyl groups excluding tert-OH is 1. The summed E-state index contributed by atoms with van der Waals surface area (Å²) in [6.07, 6.45) is -1.36. The van der Waals surface area contributed by atoms with Crippen molar-refractivity contribution in [3.05, 3.63) is 68.9 Å². The van der Waals surface area contributed by atoms with Crippen LogP contribution < -0.4 is 0 Å². The van der Waals surface area contributed by atoms with Gasteiger partial charge in [-0.3, -0.25) is 0 Å². The third-order valence-electron chi connectivity index (χ3n) is 2.77. The average molecular weight is 331 g/mol. The van der Waals surface area contributed by atoms with Crippen molar-refractivity contribution in [2.24, 2.45) is 0 Å². The van der Waals surface area contributed by atoms with Crippen molar-refractivity contribution in [3.63, 3.8) is 0 Å². The highest BCUT2D eigenvalue weighted by Crippen LogP contribution is 2.28. The van der Waals surface area contributed by atoms with Crippen molar-refractivity contribution in [2.75, 3.05) is 0 Å². The summed E-state index contributed by atoms with van der Waals surface area (Å²) in [7, 11) is 0. The van der Waals surface area contributed by atoms with Crippen LogP contribution in [0.4, 0.5) is 13.2 Å². The Morgan fingerprint density at radius 2 is 1.68 bits per heavy atom. The van der Waals surface area contributed by atoms with Gasteiger partial charge < -0.3 is 5.11 Å². The molecule has 2 aromatic carbocycles. The summed E-state index contributed by atoms with van der Waals surface area (Å²) in [6.45, 7) is 1.46. The molecule has 0 aliphatic rings. The van der Waals surface area contributed by atoms with Crippen LogP contribution in [0.5, 0.6) is 0 Å². The fraction of sp³-hybridized carbons (Fsp3) is 0.143. The van der Waals surface area contributed by atoms with E-state index in [0.717, 1.165) is 6.07 Å². The molecule has 5 heteroatoms. The summed E-state index contributed by atoms with van der Waals surface area (Å²) in [5.41, 5.74) is 0.319. The molecule has 0 saturated heterocycles. The van der Waals surface area contributed by atoms with E-state index in [2.05, 4.69) is 15.9 Å². The zero-order valence-corrected chi connectivity index (χ0v) is 11.5. The van der Waals surface area contributed by atoms with Crippen LogP contribution in [0.3, 0.4) is 0 Å². The maximum Gasteiger partial charge on any atom is 0.132 e. The van der Waals surface area contributed by atoms with E-state index in [0.29, 0.717) is 10.5 Å². The first-order chi connectivity index (χ1) is 8.88. The van der Waals surface area contributed by atoms with Gasteiger partial charge >= 0.3 is 0 Å². The van der Waals surface area contributed by atoms with E-state index in [-0.39, 0.29) is 16.7 Å². The van der Waals surface area contributed by atoms with E-state index in [1.165, 1.54) is 25.1 Å². The maximum atomic E-state index is 13.7. The first-order valence-electron chi connectivity index (χ1n) is 5.48. The molecule has 0 aliphatic carbocycles. The van der Waals surface area contributed by atoms with Crippen LogP contribution in [0.25, 0.3) is 0 Å². The molecule has 0 fully saturated rings. The average Bonchev–Trinajstić information content (AvgIpc) is 2.31. The van der Waals surface area contributed by atoms with Gasteiger partial charge in [0.05, 0.1) is 0 Å². The molecule has 1 atom stereocenters. The summed E-state index contributed by atoms with van der Waals surface area (Å²) >= 11 is 3.09. The molecule has 0 amide bonds. The standard InChI is InChI=1S/C14H10BrF3O/c1-7-2-11(13(18)6-12(7)17)14(19)8-3-9(15)5-10(16)4-8/h2-6,14,19H,1H3. The molecule has 1 unspecified atom stereocenters. The molecule has 0 aliphatic heterocycles. The van der Waals surface area contributed by atoms with Gasteiger partial charge in [-0.25, -0.2) is 13.2 Å². The minimum atomic E-state index is -1.36. The molecule has 100 valence electrons. The van der Waals surface area contributed by atoms with Crippen LogP contribution in [-0.2, 0) is 0 Å². The second kappa shape index (κ2) is 5.35. The molecular formula is C14H10BrF3O. The topological polar surface area (TPSA) is 20.2 Å². The van der Waals surface area contributed by atoms with Crippen LogP contribution in [0, 0.1) is 24.4 Å². The van der Waals surface area contributed by atoms with Crippen molar-refractivity contribution in [1.82, 2.24) is 0 Å². The normalized spacial score (nSPS) is 12.5. The molecule has 1 N–H and O–H groups in total. The summed E-state index contributed by atoms with van der Waals surface area (Å²) in [5, 5.41) is 10.1. The minimum absolute atomic E-state index is 0.0867. The van der Waals surface area contributed by atoms with E-state index in [1.54, 1.807) is 0 Å². The monoisotopic (exact) mass is 330 g/mol. The van der Waals surface area contributed by atoms with E-state index in [1.807, 2.05) is 0 Å². The molecule has 2 rings (SSSR count). The molecule has 0 aromatic heterocycles. The molecule has 0 spiro atoms. The third kappa shape index (κ3) is 2.98. The van der Waals surface area contributed by atoms with E-state index < -0.39 is 23.6 Å². The Hall–Kier alpha value is -1.33. The Morgan fingerprint density at radius 1 is 1.00 bits per heavy atom. The highest BCUT2D eigenvalue weighted by atomic mass is 79.9. The minimum Gasteiger partial charge on any atom is -0.384 e. The highest BCUT2D eigenvalue weighted by Gasteiger charge is 2.18. The van der Waals surface area contributed by atoms with Crippen molar-refractivity contribution < 1.29 is 18.3 Å². The SMILES string of the molecule is Cc1cc(C(O)c2cc(F)cc(Br)c2)c(F)cc1F. The first-order valence-corrected chi connectivity index (χ1v) is 6.27. The lowest BCUT2D eigenvalue weighted by atomic mass is 9.99. The second-order valence-corrected chi connectivity index (χ2v) is 5.14. The largest absolute Gasteiger partial charge is 0.384 e. The van der Waals surface area contributed by atoms with E-state index >= 15 is 0 Å². The van der Waals surface area contributed by atoms with Crippen LogP contribution >= 0.6 is 15.9 Å². The zero-order valence-electron chi connectivity index (χ0n) is 9.92. The Balaban J connectivity index is 2.49. The quantitative estimate of drug-likeness (QED) is 0.872.